The van der Waals surface area contributed by atoms with Crippen LogP contribution >= 0.6 is 15.9 Å². The number of halogens is 1. The van der Waals surface area contributed by atoms with Gasteiger partial charge in [-0.05, 0) is 48.4 Å². The fourth-order valence-corrected chi connectivity index (χ4v) is 3.79. The molecule has 0 bridgehead atoms. The summed E-state index contributed by atoms with van der Waals surface area (Å²) < 4.78 is 4.33. The standard InChI is InChI=1S/C22H21BrN4O2/c1-14(2)11-26-8-7-15-9-17(4-6-20(15)26)25-21(28)12-27-13-24-19-5-3-16(23)10-18(19)22(27)29/h3-10,13-14H,11-12H2,1-2H3,(H,25,28). The second-order valence-corrected chi connectivity index (χ2v) is 8.44. The number of carbonyl (C=O) groups excluding carboxylic acids is 1. The van der Waals surface area contributed by atoms with Gasteiger partial charge in [0.1, 0.15) is 6.54 Å². The summed E-state index contributed by atoms with van der Waals surface area (Å²) in [6.07, 6.45) is 3.47. The molecule has 1 amide bonds. The number of aromatic nitrogens is 3. The zero-order chi connectivity index (χ0) is 20.5. The van der Waals surface area contributed by atoms with E-state index in [9.17, 15) is 9.59 Å². The lowest BCUT2D eigenvalue weighted by Gasteiger charge is -2.10. The number of benzene rings is 2. The number of rotatable bonds is 5. The number of amides is 1. The van der Waals surface area contributed by atoms with Crippen molar-refractivity contribution < 1.29 is 4.79 Å². The van der Waals surface area contributed by atoms with Gasteiger partial charge in [0.05, 0.1) is 17.2 Å². The molecule has 6 nitrogen and oxygen atoms in total. The third-order valence-electron chi connectivity index (χ3n) is 4.72. The third-order valence-corrected chi connectivity index (χ3v) is 5.21. The molecule has 4 rings (SSSR count). The molecule has 2 aromatic heterocycles. The average Bonchev–Trinajstić information content (AvgIpc) is 3.06. The Morgan fingerprint density at radius 3 is 2.76 bits per heavy atom. The minimum absolute atomic E-state index is 0.0965. The Hall–Kier alpha value is -2.93. The molecule has 0 saturated heterocycles. The summed E-state index contributed by atoms with van der Waals surface area (Å²) in [6.45, 7) is 5.22. The molecular formula is C22H21BrN4O2. The summed E-state index contributed by atoms with van der Waals surface area (Å²) in [6, 6.07) is 13.2. The molecule has 2 aromatic carbocycles. The molecule has 1 N–H and O–H groups in total. The molecule has 0 atom stereocenters. The topological polar surface area (TPSA) is 68.9 Å². The highest BCUT2D eigenvalue weighted by molar-refractivity contribution is 9.10. The lowest BCUT2D eigenvalue weighted by atomic mass is 10.2. The van der Waals surface area contributed by atoms with E-state index in [4.69, 9.17) is 0 Å². The molecule has 0 fully saturated rings. The number of nitrogens with one attached hydrogen (secondary N) is 1. The van der Waals surface area contributed by atoms with Crippen LogP contribution in [0.2, 0.25) is 0 Å². The monoisotopic (exact) mass is 452 g/mol. The molecule has 2 heterocycles. The number of hydrogen-bond donors (Lipinski definition) is 1. The van der Waals surface area contributed by atoms with Crippen LogP contribution in [0.25, 0.3) is 21.8 Å². The van der Waals surface area contributed by atoms with Gasteiger partial charge < -0.3 is 9.88 Å². The van der Waals surface area contributed by atoms with Crippen LogP contribution in [-0.4, -0.2) is 20.0 Å². The highest BCUT2D eigenvalue weighted by Crippen LogP contribution is 2.21. The normalized spacial score (nSPS) is 11.4. The zero-order valence-corrected chi connectivity index (χ0v) is 17.8. The molecule has 0 radical (unpaired) electrons. The molecule has 0 aliphatic heterocycles. The molecule has 29 heavy (non-hydrogen) atoms. The van der Waals surface area contributed by atoms with Gasteiger partial charge in [0.25, 0.3) is 5.56 Å². The van der Waals surface area contributed by atoms with Crippen molar-refractivity contribution in [2.45, 2.75) is 26.9 Å². The van der Waals surface area contributed by atoms with Crippen LogP contribution in [0.3, 0.4) is 0 Å². The second kappa shape index (κ2) is 7.83. The summed E-state index contributed by atoms with van der Waals surface area (Å²) in [5, 5.41) is 4.42. The Labute approximate surface area is 176 Å². The van der Waals surface area contributed by atoms with Crippen molar-refractivity contribution in [3.63, 3.8) is 0 Å². The Morgan fingerprint density at radius 1 is 1.14 bits per heavy atom. The van der Waals surface area contributed by atoms with Crippen molar-refractivity contribution in [1.82, 2.24) is 14.1 Å². The van der Waals surface area contributed by atoms with Crippen LogP contribution in [0.1, 0.15) is 13.8 Å². The number of anilines is 1. The van der Waals surface area contributed by atoms with E-state index in [0.717, 1.165) is 21.9 Å². The maximum atomic E-state index is 12.7. The van der Waals surface area contributed by atoms with Crippen LogP contribution in [0, 0.1) is 5.92 Å². The Bertz CT molecular complexity index is 1270. The van der Waals surface area contributed by atoms with Gasteiger partial charge in [0.2, 0.25) is 5.91 Å². The molecule has 0 aliphatic rings. The highest BCUT2D eigenvalue weighted by atomic mass is 79.9. The fraction of sp³-hybridized carbons (Fsp3) is 0.227. The van der Waals surface area contributed by atoms with Gasteiger partial charge >= 0.3 is 0 Å². The van der Waals surface area contributed by atoms with E-state index in [2.05, 4.69) is 50.8 Å². The Kier molecular flexibility index (Phi) is 5.24. The lowest BCUT2D eigenvalue weighted by molar-refractivity contribution is -0.116. The Morgan fingerprint density at radius 2 is 1.97 bits per heavy atom. The highest BCUT2D eigenvalue weighted by Gasteiger charge is 2.10. The first-order valence-corrected chi connectivity index (χ1v) is 10.2. The van der Waals surface area contributed by atoms with Crippen LogP contribution in [0.4, 0.5) is 5.69 Å². The SMILES string of the molecule is CC(C)Cn1ccc2cc(NC(=O)Cn3cnc4ccc(Br)cc4c3=O)ccc21. The zero-order valence-electron chi connectivity index (χ0n) is 16.2. The van der Waals surface area contributed by atoms with Gasteiger partial charge in [0, 0.05) is 33.8 Å². The first-order chi connectivity index (χ1) is 13.9. The molecule has 7 heteroatoms. The number of carbonyl (C=O) groups is 1. The van der Waals surface area contributed by atoms with Gasteiger partial charge in [-0.25, -0.2) is 4.98 Å². The van der Waals surface area contributed by atoms with E-state index in [0.29, 0.717) is 22.5 Å². The first kappa shape index (κ1) is 19.4. The maximum Gasteiger partial charge on any atom is 0.261 e. The largest absolute Gasteiger partial charge is 0.347 e. The summed E-state index contributed by atoms with van der Waals surface area (Å²) >= 11 is 3.36. The van der Waals surface area contributed by atoms with Crippen molar-refractivity contribution in [2.24, 2.45) is 5.92 Å². The van der Waals surface area contributed by atoms with Crippen LogP contribution in [0.15, 0.2) is 64.3 Å². The summed E-state index contributed by atoms with van der Waals surface area (Å²) in [7, 11) is 0. The third kappa shape index (κ3) is 4.10. The molecule has 0 aliphatic carbocycles. The van der Waals surface area contributed by atoms with Crippen molar-refractivity contribution >= 4 is 49.3 Å². The van der Waals surface area contributed by atoms with Gasteiger partial charge in [-0.15, -0.1) is 0 Å². The summed E-state index contributed by atoms with van der Waals surface area (Å²) in [5.41, 5.74) is 2.20. The molecular weight excluding hydrogens is 432 g/mol. The molecule has 0 saturated carbocycles. The Balaban J connectivity index is 1.53. The molecule has 0 spiro atoms. The number of fused-ring (bicyclic) bond motifs is 2. The van der Waals surface area contributed by atoms with Crippen molar-refractivity contribution in [1.29, 1.82) is 0 Å². The van der Waals surface area contributed by atoms with Crippen molar-refractivity contribution in [3.05, 3.63) is 69.8 Å². The number of nitrogens with zero attached hydrogens (tertiary/aromatic N) is 3. The first-order valence-electron chi connectivity index (χ1n) is 9.44. The van der Waals surface area contributed by atoms with E-state index in [-0.39, 0.29) is 18.0 Å². The second-order valence-electron chi connectivity index (χ2n) is 7.52. The molecule has 148 valence electrons. The fourth-order valence-electron chi connectivity index (χ4n) is 3.43. The summed E-state index contributed by atoms with van der Waals surface area (Å²) in [4.78, 5) is 29.4. The van der Waals surface area contributed by atoms with Gasteiger partial charge in [-0.1, -0.05) is 29.8 Å². The van der Waals surface area contributed by atoms with Gasteiger partial charge in [-0.3, -0.25) is 14.2 Å². The number of hydrogen-bond acceptors (Lipinski definition) is 3. The molecule has 0 unspecified atom stereocenters. The van der Waals surface area contributed by atoms with E-state index >= 15 is 0 Å². The maximum absolute atomic E-state index is 12.7. The minimum Gasteiger partial charge on any atom is -0.347 e. The van der Waals surface area contributed by atoms with Crippen molar-refractivity contribution in [3.8, 4) is 0 Å². The van der Waals surface area contributed by atoms with Crippen LogP contribution in [-0.2, 0) is 17.9 Å². The van der Waals surface area contributed by atoms with Gasteiger partial charge in [-0.2, -0.15) is 0 Å². The quantitative estimate of drug-likeness (QED) is 0.487. The predicted molar refractivity (Wildman–Crippen MR) is 119 cm³/mol. The molecule has 4 aromatic rings. The van der Waals surface area contributed by atoms with E-state index in [1.54, 1.807) is 12.1 Å². The van der Waals surface area contributed by atoms with E-state index < -0.39 is 0 Å². The summed E-state index contributed by atoms with van der Waals surface area (Å²) in [5.74, 6) is 0.281. The average molecular weight is 453 g/mol. The van der Waals surface area contributed by atoms with E-state index in [1.165, 1.54) is 10.9 Å². The van der Waals surface area contributed by atoms with Crippen LogP contribution < -0.4 is 10.9 Å². The van der Waals surface area contributed by atoms with Crippen molar-refractivity contribution in [2.75, 3.05) is 5.32 Å². The predicted octanol–water partition coefficient (Wildman–Crippen LogP) is 4.41. The van der Waals surface area contributed by atoms with Crippen LogP contribution in [0.5, 0.6) is 0 Å². The minimum atomic E-state index is -0.274. The van der Waals surface area contributed by atoms with Gasteiger partial charge in [0.15, 0.2) is 0 Å². The lowest BCUT2D eigenvalue weighted by Crippen LogP contribution is -2.27. The smallest absolute Gasteiger partial charge is 0.261 e. The van der Waals surface area contributed by atoms with E-state index in [1.807, 2.05) is 30.3 Å².